The number of aliphatic carboxylic acids is 1. The van der Waals surface area contributed by atoms with Crippen LogP contribution < -0.4 is 16.4 Å². The highest BCUT2D eigenvalue weighted by molar-refractivity contribution is 8.01. The summed E-state index contributed by atoms with van der Waals surface area (Å²) in [4.78, 5) is 50.1. The van der Waals surface area contributed by atoms with E-state index in [2.05, 4.69) is 30.5 Å². The van der Waals surface area contributed by atoms with Gasteiger partial charge in [-0.3, -0.25) is 14.5 Å². The minimum atomic E-state index is -1.24. The summed E-state index contributed by atoms with van der Waals surface area (Å²) in [5, 5.41) is 27.3. The van der Waals surface area contributed by atoms with Crippen LogP contribution in [-0.4, -0.2) is 81.3 Å². The lowest BCUT2D eigenvalue weighted by Crippen LogP contribution is -2.71. The number of rotatable bonds is 8. The van der Waals surface area contributed by atoms with E-state index in [-0.39, 0.29) is 17.1 Å². The van der Waals surface area contributed by atoms with Gasteiger partial charge in [-0.25, -0.2) is 14.3 Å². The molecule has 4 heterocycles. The maximum Gasteiger partial charge on any atom is 0.352 e. The highest BCUT2D eigenvalue weighted by atomic mass is 32.2. The average molecular weight is 512 g/mol. The minimum absolute atomic E-state index is 0.108. The number of carbonyl (C=O) groups excluding carboxylic acids is 3. The van der Waals surface area contributed by atoms with Crippen molar-refractivity contribution in [3.63, 3.8) is 0 Å². The first-order chi connectivity index (χ1) is 15.8. The maximum absolute atomic E-state index is 12.8. The van der Waals surface area contributed by atoms with E-state index in [1.54, 1.807) is 18.5 Å². The predicted octanol–water partition coefficient (Wildman–Crippen LogP) is -1.09. The van der Waals surface area contributed by atoms with Gasteiger partial charge in [0.05, 0.1) is 5.69 Å². The van der Waals surface area contributed by atoms with Crippen LogP contribution in [0.2, 0.25) is 0 Å². The number of nitrogens with zero attached hydrogens (tertiary/aromatic N) is 6. The van der Waals surface area contributed by atoms with Crippen molar-refractivity contribution in [3.05, 3.63) is 28.4 Å². The molecular weight excluding hydrogens is 494 g/mol. The first-order valence-electron chi connectivity index (χ1n) is 9.29. The highest BCUT2D eigenvalue weighted by Gasteiger charge is 2.54. The lowest BCUT2D eigenvalue weighted by Gasteiger charge is -2.49. The molecule has 1 saturated heterocycles. The number of tetrazole rings is 1. The number of β-lactam (4-membered cyclic amide) rings is 1. The lowest BCUT2D eigenvalue weighted by molar-refractivity contribution is -0.151. The molecule has 2 aliphatic heterocycles. The molecule has 5 N–H and O–H groups in total. The van der Waals surface area contributed by atoms with Crippen LogP contribution in [-0.2, 0) is 21.4 Å². The van der Waals surface area contributed by atoms with E-state index >= 15 is 0 Å². The summed E-state index contributed by atoms with van der Waals surface area (Å²) in [7, 11) is 1.67. The zero-order valence-electron chi connectivity index (χ0n) is 16.9. The van der Waals surface area contributed by atoms with Crippen molar-refractivity contribution in [2.24, 2.45) is 12.8 Å². The number of amides is 4. The number of urea groups is 1. The first kappa shape index (κ1) is 23.0. The van der Waals surface area contributed by atoms with Crippen LogP contribution in [0, 0.1) is 0 Å². The molecule has 2 aromatic heterocycles. The van der Waals surface area contributed by atoms with Crippen LogP contribution in [0.4, 0.5) is 4.79 Å². The van der Waals surface area contributed by atoms with Crippen molar-refractivity contribution in [2.45, 2.75) is 22.6 Å². The Labute approximate surface area is 198 Å². The molecule has 0 aromatic carbocycles. The number of aromatic nitrogens is 5. The van der Waals surface area contributed by atoms with Crippen molar-refractivity contribution >= 4 is 58.9 Å². The fraction of sp³-hybridized carbons (Fsp3) is 0.375. The summed E-state index contributed by atoms with van der Waals surface area (Å²) in [5.41, 5.74) is 5.88. The Kier molecular flexibility index (Phi) is 6.52. The molecule has 0 saturated carbocycles. The van der Waals surface area contributed by atoms with Gasteiger partial charge in [-0.1, -0.05) is 11.8 Å². The molecule has 17 heteroatoms. The number of carbonyl (C=O) groups is 4. The molecule has 3 atom stereocenters. The topological polar surface area (TPSA) is 198 Å². The van der Waals surface area contributed by atoms with Gasteiger partial charge < -0.3 is 21.5 Å². The van der Waals surface area contributed by atoms with E-state index < -0.39 is 41.3 Å². The van der Waals surface area contributed by atoms with E-state index in [4.69, 9.17) is 5.73 Å². The molecule has 14 nitrogen and oxygen atoms in total. The third-order valence-electron chi connectivity index (χ3n) is 4.81. The monoisotopic (exact) mass is 511 g/mol. The largest absolute Gasteiger partial charge is 0.477 e. The van der Waals surface area contributed by atoms with Crippen molar-refractivity contribution < 1.29 is 24.3 Å². The molecule has 1 fully saturated rings. The Morgan fingerprint density at radius 1 is 1.42 bits per heavy atom. The average Bonchev–Trinajstić information content (AvgIpc) is 3.45. The predicted molar refractivity (Wildman–Crippen MR) is 117 cm³/mol. The van der Waals surface area contributed by atoms with Gasteiger partial charge in [-0.15, -0.1) is 16.9 Å². The molecule has 0 radical (unpaired) electrons. The van der Waals surface area contributed by atoms with Crippen LogP contribution in [0.3, 0.4) is 0 Å². The van der Waals surface area contributed by atoms with Crippen molar-refractivity contribution in [2.75, 3.05) is 11.5 Å². The molecule has 174 valence electrons. The molecule has 0 bridgehead atoms. The second kappa shape index (κ2) is 9.36. The van der Waals surface area contributed by atoms with Gasteiger partial charge in [-0.2, -0.15) is 4.37 Å². The number of nitrogens with one attached hydrogen (secondary N) is 2. The number of thioether (sulfide) groups is 2. The van der Waals surface area contributed by atoms with Crippen LogP contribution in [0.1, 0.15) is 11.7 Å². The summed E-state index contributed by atoms with van der Waals surface area (Å²) < 4.78 is 5.50. The number of carboxylic acids is 1. The number of hydrogen-bond acceptors (Lipinski definition) is 11. The number of hydrogen-bond donors (Lipinski definition) is 4. The molecule has 4 rings (SSSR count). The second-order valence-corrected chi connectivity index (χ2v) is 9.61. The van der Waals surface area contributed by atoms with Crippen LogP contribution in [0.25, 0.3) is 0 Å². The molecular formula is C16H17N9O5S3. The SMILES string of the molecule is Cn1nnnc1SCC1=C(C(=O)O)N2C(=O)[C@H](NC(=O)C(NC(N)=O)c3ccsn3)C2SC1. The van der Waals surface area contributed by atoms with Crippen LogP contribution in [0.15, 0.2) is 27.9 Å². The zero-order valence-corrected chi connectivity index (χ0v) is 19.3. The molecule has 0 aliphatic carbocycles. The van der Waals surface area contributed by atoms with Crippen molar-refractivity contribution in [1.82, 2.24) is 40.1 Å². The molecule has 2 aliphatic rings. The van der Waals surface area contributed by atoms with Crippen LogP contribution >= 0.6 is 35.1 Å². The van der Waals surface area contributed by atoms with E-state index in [1.165, 1.54) is 33.1 Å². The minimum Gasteiger partial charge on any atom is -0.477 e. The molecule has 0 spiro atoms. The summed E-state index contributed by atoms with van der Waals surface area (Å²) in [6.45, 7) is 0. The van der Waals surface area contributed by atoms with Gasteiger partial charge in [0.25, 0.3) is 5.91 Å². The Hall–Kier alpha value is -3.18. The quantitative estimate of drug-likeness (QED) is 0.248. The van der Waals surface area contributed by atoms with Gasteiger partial charge in [0.2, 0.25) is 11.1 Å². The number of aryl methyl sites for hydroxylation is 1. The van der Waals surface area contributed by atoms with Gasteiger partial charge in [0.1, 0.15) is 17.1 Å². The molecule has 2 unspecified atom stereocenters. The summed E-state index contributed by atoms with van der Waals surface area (Å²) in [6.07, 6.45) is 0. The van der Waals surface area contributed by atoms with Gasteiger partial charge in [0, 0.05) is 23.9 Å². The smallest absolute Gasteiger partial charge is 0.352 e. The van der Waals surface area contributed by atoms with Crippen molar-refractivity contribution in [3.8, 4) is 0 Å². The third kappa shape index (κ3) is 4.51. The fourth-order valence-electron chi connectivity index (χ4n) is 3.31. The van der Waals surface area contributed by atoms with E-state index in [1.807, 2.05) is 0 Å². The normalized spacial score (nSPS) is 20.6. The van der Waals surface area contributed by atoms with E-state index in [0.29, 0.717) is 16.5 Å². The number of carboxylic acid groups (broad SMARTS) is 1. The Bertz CT molecular complexity index is 1130. The van der Waals surface area contributed by atoms with Gasteiger partial charge in [-0.05, 0) is 33.6 Å². The van der Waals surface area contributed by atoms with E-state index in [0.717, 1.165) is 11.5 Å². The Morgan fingerprint density at radius 3 is 2.82 bits per heavy atom. The lowest BCUT2D eigenvalue weighted by atomic mass is 10.0. The summed E-state index contributed by atoms with van der Waals surface area (Å²) >= 11 is 3.68. The third-order valence-corrected chi connectivity index (χ3v) is 7.82. The van der Waals surface area contributed by atoms with Crippen LogP contribution in [0.5, 0.6) is 0 Å². The number of fused-ring (bicyclic) bond motifs is 1. The summed E-state index contributed by atoms with van der Waals surface area (Å²) in [5.74, 6) is -1.84. The van der Waals surface area contributed by atoms with Crippen molar-refractivity contribution in [1.29, 1.82) is 0 Å². The van der Waals surface area contributed by atoms with Gasteiger partial charge in [0.15, 0.2) is 6.04 Å². The Morgan fingerprint density at radius 2 is 2.21 bits per heavy atom. The maximum atomic E-state index is 12.8. The van der Waals surface area contributed by atoms with E-state index in [9.17, 15) is 24.3 Å². The first-order valence-corrected chi connectivity index (χ1v) is 12.2. The standard InChI is InChI=1S/C16H17N9O5S3/c1-24-16(20-22-23-24)32-5-6-4-31-13-9(12(27)25(13)10(6)14(28)29)18-11(26)8(19-15(17)30)7-2-3-33-21-7/h2-3,8-9,13H,4-5H2,1H3,(H,18,26)(H,28,29)(H3,17,19,30)/t8?,9-,13?/m0/s1. The highest BCUT2D eigenvalue weighted by Crippen LogP contribution is 2.41. The number of nitrogens with two attached hydrogens (primary N) is 1. The zero-order chi connectivity index (χ0) is 23.7. The second-order valence-electron chi connectivity index (χ2n) is 6.89. The fourth-order valence-corrected chi connectivity index (χ4v) is 6.20. The number of primary amides is 1. The van der Waals surface area contributed by atoms with Gasteiger partial charge >= 0.3 is 12.0 Å². The Balaban J connectivity index is 1.48. The summed E-state index contributed by atoms with van der Waals surface area (Å²) in [6, 6.07) is -1.50. The molecule has 33 heavy (non-hydrogen) atoms. The molecule has 4 amide bonds. The molecule has 2 aromatic rings.